The summed E-state index contributed by atoms with van der Waals surface area (Å²) >= 11 is 1.40. The average Bonchev–Trinajstić information content (AvgIpc) is 3.75. The maximum atomic E-state index is 14.0. The lowest BCUT2D eigenvalue weighted by atomic mass is 10.0. The molecule has 1 aliphatic heterocycles. The summed E-state index contributed by atoms with van der Waals surface area (Å²) in [6, 6.07) is -8.85. The van der Waals surface area contributed by atoms with E-state index in [1.807, 2.05) is 0 Å². The third-order valence-electron chi connectivity index (χ3n) is 10.2. The Hall–Kier alpha value is -6.25. The molecule has 1 heterocycles. The number of aliphatic imine (C=N–C) groups is 1. The normalized spacial score (nSPS) is 15.9. The van der Waals surface area contributed by atoms with E-state index >= 15 is 0 Å². The number of aliphatic carboxylic acids is 2. The van der Waals surface area contributed by atoms with Gasteiger partial charge in [0.25, 0.3) is 0 Å². The molecular weight excluding hydrogens is 915 g/mol. The third-order valence-corrected chi connectivity index (χ3v) is 10.9. The number of nitrogens with two attached hydrogens (primary N) is 4. The number of carbonyl (C=O) groups is 11. The number of nitrogens with zero attached hydrogens (tertiary/aromatic N) is 2. The molecule has 0 bridgehead atoms. The molecule has 384 valence electrons. The van der Waals surface area contributed by atoms with Crippen molar-refractivity contribution < 1.29 is 63.0 Å². The molecule has 17 N–H and O–H groups in total. The van der Waals surface area contributed by atoms with Crippen molar-refractivity contribution in [1.82, 2.24) is 42.1 Å². The Labute approximate surface area is 399 Å². The smallest absolute Gasteiger partial charge is 0.322 e. The first kappa shape index (κ1) is 59.8. The molecule has 0 spiro atoms. The van der Waals surface area contributed by atoms with Gasteiger partial charge < -0.3 is 75.3 Å². The van der Waals surface area contributed by atoms with Crippen LogP contribution in [0, 0.1) is 11.8 Å². The predicted molar refractivity (Wildman–Crippen MR) is 249 cm³/mol. The molecule has 0 radical (unpaired) electrons. The number of likely N-dealkylation sites (tertiary alicyclic amines) is 1. The van der Waals surface area contributed by atoms with Crippen LogP contribution in [0.4, 0.5) is 0 Å². The number of amides is 9. The molecule has 1 aliphatic rings. The molecule has 0 unspecified atom stereocenters. The topological polar surface area (TPSA) is 432 Å². The second-order valence-electron chi connectivity index (χ2n) is 17.1. The lowest BCUT2D eigenvalue weighted by molar-refractivity contribution is -0.140. The van der Waals surface area contributed by atoms with Crippen molar-refractivity contribution in [2.75, 3.05) is 38.2 Å². The van der Waals surface area contributed by atoms with E-state index in [1.54, 1.807) is 34.0 Å². The summed E-state index contributed by atoms with van der Waals surface area (Å²) < 4.78 is 0. The summed E-state index contributed by atoms with van der Waals surface area (Å²) in [5.41, 5.74) is 21.7. The van der Waals surface area contributed by atoms with E-state index in [0.29, 0.717) is 12.2 Å². The minimum atomic E-state index is -1.48. The number of hydrogen-bond donors (Lipinski definition) is 13. The van der Waals surface area contributed by atoms with E-state index in [9.17, 15) is 57.8 Å². The molecule has 1 saturated heterocycles. The van der Waals surface area contributed by atoms with Crippen molar-refractivity contribution in [3.05, 3.63) is 0 Å². The summed E-state index contributed by atoms with van der Waals surface area (Å²) in [7, 11) is 0. The lowest BCUT2D eigenvalue weighted by Crippen LogP contribution is -2.59. The number of rotatable bonds is 32. The van der Waals surface area contributed by atoms with Crippen LogP contribution in [0.3, 0.4) is 0 Å². The van der Waals surface area contributed by atoms with E-state index < -0.39 is 140 Å². The number of primary amides is 1. The SMILES string of the molecule is CSCC[C@H](NC(=O)[C@H](CC(C)C)NC(=O)[C@H](CCCN=C(N)N)NC(=O)[C@@H]1CCCN1C(=O)CNC(=O)[C@H](CC(C)C)NC(=O)[C@H](CCC(=O)O)NC(=O)[C@@H](N)CC(N)=O)C(=O)NCC(=O)O. The second-order valence-corrected chi connectivity index (χ2v) is 18.1. The fraction of sp³-hybridized carbons (Fsp3) is 0.707. The zero-order valence-corrected chi connectivity index (χ0v) is 40.1. The van der Waals surface area contributed by atoms with Crippen molar-refractivity contribution in [2.45, 2.75) is 134 Å². The van der Waals surface area contributed by atoms with Gasteiger partial charge in [0.05, 0.1) is 19.0 Å². The van der Waals surface area contributed by atoms with Gasteiger partial charge >= 0.3 is 11.9 Å². The Bertz CT molecular complexity index is 1820. The highest BCUT2D eigenvalue weighted by Gasteiger charge is 2.38. The first-order valence-corrected chi connectivity index (χ1v) is 23.6. The van der Waals surface area contributed by atoms with Gasteiger partial charge in [0.2, 0.25) is 53.2 Å². The van der Waals surface area contributed by atoms with Gasteiger partial charge in [0.15, 0.2) is 5.96 Å². The Morgan fingerprint density at radius 1 is 0.662 bits per heavy atom. The van der Waals surface area contributed by atoms with E-state index in [1.165, 1.54) is 16.7 Å². The number of nitrogens with one attached hydrogen (secondary N) is 7. The summed E-state index contributed by atoms with van der Waals surface area (Å²) in [4.78, 5) is 146. The minimum Gasteiger partial charge on any atom is -0.481 e. The first-order valence-electron chi connectivity index (χ1n) is 22.2. The van der Waals surface area contributed by atoms with Crippen LogP contribution in [0.15, 0.2) is 4.99 Å². The molecule has 7 atom stereocenters. The monoisotopic (exact) mass is 986 g/mol. The molecular formula is C41H71N13O13S. The van der Waals surface area contributed by atoms with Crippen LogP contribution in [0.1, 0.15) is 91.9 Å². The first-order chi connectivity index (χ1) is 31.9. The van der Waals surface area contributed by atoms with Crippen molar-refractivity contribution in [3.8, 4) is 0 Å². The van der Waals surface area contributed by atoms with E-state index in [4.69, 9.17) is 28.0 Å². The van der Waals surface area contributed by atoms with Crippen LogP contribution in [0.25, 0.3) is 0 Å². The van der Waals surface area contributed by atoms with Crippen molar-refractivity contribution >= 4 is 82.8 Å². The van der Waals surface area contributed by atoms with Crippen LogP contribution >= 0.6 is 11.8 Å². The highest BCUT2D eigenvalue weighted by Crippen LogP contribution is 2.19. The molecule has 68 heavy (non-hydrogen) atoms. The molecule has 0 saturated carbocycles. The maximum absolute atomic E-state index is 14.0. The Kier molecular flexibility index (Phi) is 27.2. The number of thioether (sulfide) groups is 1. The van der Waals surface area contributed by atoms with Gasteiger partial charge in [0, 0.05) is 19.5 Å². The minimum absolute atomic E-state index is 0.0149. The third kappa shape index (κ3) is 23.5. The second kappa shape index (κ2) is 30.9. The molecule has 27 heteroatoms. The number of hydrogen-bond acceptors (Lipinski definition) is 14. The van der Waals surface area contributed by atoms with Gasteiger partial charge in [0.1, 0.15) is 42.8 Å². The van der Waals surface area contributed by atoms with Crippen LogP contribution < -0.4 is 60.2 Å². The Balaban J connectivity index is 3.25. The van der Waals surface area contributed by atoms with Crippen molar-refractivity contribution in [3.63, 3.8) is 0 Å². The number of carbonyl (C=O) groups excluding carboxylic acids is 9. The molecule has 0 aliphatic carbocycles. The fourth-order valence-electron chi connectivity index (χ4n) is 6.90. The number of carboxylic acid groups (broad SMARTS) is 2. The molecule has 1 fully saturated rings. The van der Waals surface area contributed by atoms with Gasteiger partial charge in [-0.3, -0.25) is 57.7 Å². The predicted octanol–water partition coefficient (Wildman–Crippen LogP) is -4.32. The van der Waals surface area contributed by atoms with Gasteiger partial charge in [-0.15, -0.1) is 0 Å². The molecule has 0 aromatic heterocycles. The van der Waals surface area contributed by atoms with Gasteiger partial charge in [-0.25, -0.2) is 0 Å². The van der Waals surface area contributed by atoms with Crippen LogP contribution in [-0.2, 0) is 52.7 Å². The largest absolute Gasteiger partial charge is 0.481 e. The summed E-state index contributed by atoms with van der Waals surface area (Å²) in [5.74, 6) is -9.83. The zero-order valence-electron chi connectivity index (χ0n) is 39.3. The molecule has 0 aromatic rings. The zero-order chi connectivity index (χ0) is 51.7. The van der Waals surface area contributed by atoms with E-state index in [-0.39, 0.29) is 69.4 Å². The fourth-order valence-corrected chi connectivity index (χ4v) is 7.38. The summed E-state index contributed by atoms with van der Waals surface area (Å²) in [5, 5.41) is 35.8. The van der Waals surface area contributed by atoms with Crippen LogP contribution in [0.5, 0.6) is 0 Å². The van der Waals surface area contributed by atoms with Gasteiger partial charge in [-0.2, -0.15) is 11.8 Å². The van der Waals surface area contributed by atoms with Gasteiger partial charge in [-0.05, 0) is 75.2 Å². The quantitative estimate of drug-likeness (QED) is 0.0172. The lowest BCUT2D eigenvalue weighted by Gasteiger charge is -2.29. The Morgan fingerprint density at radius 2 is 1.16 bits per heavy atom. The number of carboxylic acids is 2. The van der Waals surface area contributed by atoms with Gasteiger partial charge in [-0.1, -0.05) is 27.7 Å². The molecule has 1 rings (SSSR count). The van der Waals surface area contributed by atoms with Crippen molar-refractivity contribution in [2.24, 2.45) is 39.8 Å². The van der Waals surface area contributed by atoms with Crippen LogP contribution in [0.2, 0.25) is 0 Å². The standard InChI is InChI=1S/C41H71N13O13S/c1-21(2)16-27(52-38(65)25(10-11-32(57)58)49-34(61)23(42)18-30(43)55)36(63)47-19-31(56)54-14-7-9-29(54)40(67)51-24(8-6-13-46-41(44)45)37(64)53-28(17-22(3)4)39(66)50-26(12-15-68-5)35(62)48-20-33(59)60/h21-29H,6-20,42H2,1-5H3,(H2,43,55)(H,47,63)(H,48,62)(H,49,61)(H,50,66)(H,51,67)(H,52,65)(H,53,64)(H,57,58)(H,59,60)(H4,44,45,46)/t23-,24-,25-,26-,27-,28-,29-/m0/s1. The van der Waals surface area contributed by atoms with E-state index in [2.05, 4.69) is 42.2 Å². The van der Waals surface area contributed by atoms with Crippen molar-refractivity contribution in [1.29, 1.82) is 0 Å². The molecule has 9 amide bonds. The molecule has 26 nitrogen and oxygen atoms in total. The number of guanidine groups is 1. The molecule has 0 aromatic carbocycles. The highest BCUT2D eigenvalue weighted by atomic mass is 32.2. The van der Waals surface area contributed by atoms with E-state index in [0.717, 1.165) is 0 Å². The summed E-state index contributed by atoms with van der Waals surface area (Å²) in [6.07, 6.45) is 1.36. The summed E-state index contributed by atoms with van der Waals surface area (Å²) in [6.45, 7) is 6.01. The maximum Gasteiger partial charge on any atom is 0.322 e. The average molecular weight is 986 g/mol. The van der Waals surface area contributed by atoms with Crippen LogP contribution in [-0.4, -0.2) is 167 Å². The Morgan fingerprint density at radius 3 is 1.69 bits per heavy atom. The highest BCUT2D eigenvalue weighted by molar-refractivity contribution is 7.98.